The first-order valence-electron chi connectivity index (χ1n) is 37.9. The van der Waals surface area contributed by atoms with Gasteiger partial charge in [0.15, 0.2) is 39.7 Å². The first-order chi connectivity index (χ1) is 60.6. The standard InChI is InChI=1S/C57H91N18O42P9S3/c1-4-31-32(22-39(110-31)73-28-62-42-47(73)66-54(59)69-50(42)76)115-125(93,128)109-26-36-34(24-41(112-36)75-30-64-44-49(75)68-56(61)71-52(44)78)116-126(94,129)108-25-35-33(23-40(111-35)74-29-63-43-48(74)67-55(60)70-51(43)77)114-123(90,91)106-21-9-19-104-121(86,87)102-17-7-15-100-119(82,83)98-13-5-12-97-118(80,81)99-14-6-16-101-120(84,85)103-18-8-20-105-122(88,89)107-27-37-45(117-124(92,127)96-3)46(95-2)53(113-37)72-11-10-38(58)65-57(72)79/h10-11,28-37,39-41,45-46,53H,4-9,12-27H2,1-3H3,(H,80,81)(H,82,83)(H,84,85)(H,86,87)(H,88,89)(H,90,91)(H,92,127)(H,93,128)(H,94,129)(H2,58,65,79)(H3,59,66,69,76)(H3,60,67,70,77)(H3,61,68,71,78)/t31-,32-,33-,34?,35-,36-,37-,39-,40-,41-,45?,46+,53-,124?,125?,126?/m1/s1. The van der Waals surface area contributed by atoms with Gasteiger partial charge in [-0.2, -0.15) is 19.9 Å². The Bertz CT molecular complexity index is 5760. The third-order valence-electron chi connectivity index (χ3n) is 18.4. The number of methoxy groups -OCH3 is 1. The van der Waals surface area contributed by atoms with Gasteiger partial charge in [0.2, 0.25) is 17.8 Å². The Morgan fingerprint density at radius 2 is 0.736 bits per heavy atom. The Labute approximate surface area is 741 Å². The van der Waals surface area contributed by atoms with Gasteiger partial charge in [-0.3, -0.25) is 106 Å². The molecule has 11 rings (SSSR count). The van der Waals surface area contributed by atoms with Crippen LogP contribution in [0.15, 0.2) is 50.4 Å². The van der Waals surface area contributed by atoms with Gasteiger partial charge in [0, 0.05) is 39.7 Å². The van der Waals surface area contributed by atoms with Gasteiger partial charge in [0.1, 0.15) is 61.1 Å². The number of rotatable bonds is 54. The van der Waals surface area contributed by atoms with Crippen LogP contribution in [0.4, 0.5) is 23.7 Å². The Kier molecular flexibility index (Phi) is 36.5. The molecule has 0 spiro atoms. The number of nitrogens with one attached hydrogen (secondary N) is 3. The summed E-state index contributed by atoms with van der Waals surface area (Å²) < 4.78 is 205. The van der Waals surface area contributed by atoms with Crippen molar-refractivity contribution in [2.75, 3.05) is 123 Å². The fourth-order valence-electron chi connectivity index (χ4n) is 12.7. The minimum atomic E-state index is -5.19. The van der Waals surface area contributed by atoms with E-state index in [0.717, 1.165) is 18.0 Å². The summed E-state index contributed by atoms with van der Waals surface area (Å²) in [5, 5.41) is 0. The van der Waals surface area contributed by atoms with Crippen LogP contribution in [0.3, 0.4) is 0 Å². The predicted molar refractivity (Wildman–Crippen MR) is 447 cm³/mol. The van der Waals surface area contributed by atoms with Crippen molar-refractivity contribution >= 4 is 160 Å². The topological polar surface area (TPSA) is 826 Å². The molecule has 20 N–H and O–H groups in total. The number of H-pyrrole nitrogens is 3. The second-order valence-electron chi connectivity index (χ2n) is 27.5. The lowest BCUT2D eigenvalue weighted by Crippen LogP contribution is -2.39. The Balaban J connectivity index is 0.571. The number of nitrogens with zero attached hydrogens (tertiary/aromatic N) is 11. The van der Waals surface area contributed by atoms with E-state index in [1.165, 1.54) is 45.7 Å². The molecule has 11 unspecified atom stereocenters. The van der Waals surface area contributed by atoms with Crippen LogP contribution in [-0.4, -0.2) is 267 Å². The number of nitrogens with two attached hydrogens (primary N) is 4. The van der Waals surface area contributed by atoms with Crippen LogP contribution in [0, 0.1) is 0 Å². The number of ether oxygens (including phenoxy) is 5. The van der Waals surface area contributed by atoms with Gasteiger partial charge in [-0.1, -0.05) is 6.92 Å². The quantitative estimate of drug-likeness (QED) is 0.0191. The average molecular weight is 2080 g/mol. The van der Waals surface area contributed by atoms with Crippen LogP contribution in [0.2, 0.25) is 0 Å². The number of anilines is 4. The largest absolute Gasteiger partial charge is 0.472 e. The predicted octanol–water partition coefficient (Wildman–Crippen LogP) is 1.76. The second-order valence-corrected chi connectivity index (χ2v) is 44.7. The zero-order valence-electron chi connectivity index (χ0n) is 67.4. The maximum atomic E-state index is 13.7. The molecule has 4 aliphatic heterocycles. The van der Waals surface area contributed by atoms with Crippen molar-refractivity contribution in [2.45, 2.75) is 145 Å². The van der Waals surface area contributed by atoms with E-state index < -0.39 is 255 Å². The molecule has 11 heterocycles. The fourth-order valence-corrected chi connectivity index (χ4v) is 21.5. The summed E-state index contributed by atoms with van der Waals surface area (Å²) in [5.41, 5.74) is 19.9. The highest BCUT2D eigenvalue weighted by Crippen LogP contribution is 2.57. The summed E-state index contributed by atoms with van der Waals surface area (Å²) >= 11 is 16.0. The van der Waals surface area contributed by atoms with Crippen molar-refractivity contribution in [3.8, 4) is 0 Å². The minimum Gasteiger partial charge on any atom is -0.383 e. The van der Waals surface area contributed by atoms with Crippen LogP contribution in [-0.2, 0) is 168 Å². The summed E-state index contributed by atoms with van der Waals surface area (Å²) in [6.07, 6.45) is -12.3. The summed E-state index contributed by atoms with van der Waals surface area (Å²) in [4.78, 5) is 182. The van der Waals surface area contributed by atoms with E-state index >= 15 is 0 Å². The molecule has 0 bridgehead atoms. The lowest BCUT2D eigenvalue weighted by atomic mass is 10.1. The third kappa shape index (κ3) is 29.8. The fraction of sp³-hybridized carbons (Fsp3) is 0.667. The molecule has 4 saturated heterocycles. The number of aromatic amines is 3. The van der Waals surface area contributed by atoms with Crippen LogP contribution in [0.5, 0.6) is 0 Å². The molecule has 724 valence electrons. The van der Waals surface area contributed by atoms with Crippen LogP contribution < -0.4 is 45.3 Å². The van der Waals surface area contributed by atoms with Gasteiger partial charge < -0.3 is 113 Å². The molecular formula is C57H91N18O42P9S3. The van der Waals surface area contributed by atoms with Crippen molar-refractivity contribution in [1.29, 1.82) is 0 Å². The number of phosphoric acid groups is 6. The summed E-state index contributed by atoms with van der Waals surface area (Å²) in [6, 6.07) is 1.28. The lowest BCUT2D eigenvalue weighted by Gasteiger charge is -2.27. The van der Waals surface area contributed by atoms with Crippen LogP contribution in [0.1, 0.15) is 89.6 Å². The van der Waals surface area contributed by atoms with E-state index in [0.29, 0.717) is 6.42 Å². The molecule has 129 heavy (non-hydrogen) atoms. The number of phosphoric ester groups is 6. The van der Waals surface area contributed by atoms with Gasteiger partial charge in [0.05, 0.1) is 123 Å². The summed E-state index contributed by atoms with van der Waals surface area (Å²) in [5.74, 6) is -0.873. The summed E-state index contributed by atoms with van der Waals surface area (Å²) in [6.45, 7) is -19.1. The van der Waals surface area contributed by atoms with E-state index in [9.17, 15) is 90.6 Å². The molecule has 4 aliphatic rings. The van der Waals surface area contributed by atoms with Gasteiger partial charge in [-0.05, 0) is 80.0 Å². The number of hydrogen-bond acceptors (Lipinski definition) is 47. The van der Waals surface area contributed by atoms with Crippen molar-refractivity contribution in [3.05, 3.63) is 72.8 Å². The molecule has 0 aliphatic carbocycles. The molecule has 60 nitrogen and oxygen atoms in total. The monoisotopic (exact) mass is 2070 g/mol. The highest BCUT2D eigenvalue weighted by molar-refractivity contribution is 8.07. The van der Waals surface area contributed by atoms with E-state index in [4.69, 9.17) is 163 Å². The first-order valence-corrected chi connectivity index (χ1v) is 54.7. The number of fused-ring (bicyclic) bond motifs is 3. The second kappa shape index (κ2) is 45.0. The molecule has 0 aromatic carbocycles. The van der Waals surface area contributed by atoms with Crippen molar-refractivity contribution in [3.63, 3.8) is 0 Å². The molecular weight excluding hydrogens is 1980 g/mol. The Morgan fingerprint density at radius 1 is 0.411 bits per heavy atom. The van der Waals surface area contributed by atoms with Crippen LogP contribution in [0.25, 0.3) is 33.5 Å². The average Bonchev–Trinajstić information content (AvgIpc) is 1.63. The normalized spacial score (nSPS) is 26.4. The molecule has 7 aromatic heterocycles. The minimum absolute atomic E-state index is 0.0119. The van der Waals surface area contributed by atoms with Crippen LogP contribution >= 0.6 is 67.1 Å². The SMILES string of the molecule is CC[C@H]1O[C@@H](n2cnc3c(=O)[nH]c(N)nc32)C[C@H]1OP(O)(=S)OC[C@H]1O[C@@H](n2cnc3c(=O)[nH]c(N)nc32)CC1OP(O)(=S)OC[C@H]1O[C@@H](n2cnc3c(=O)[nH]c(N)nc32)C[C@H]1OP(=O)(O)OCCCOP(=O)(O)OCCCOP(=O)(O)OCCCOP(=O)(O)OCCCOP(=O)(O)OCCCOP(=O)(O)OC[C@H]1O[C@@H](n2ccc(N)nc2=O)[C@@H](OC)C1OP(O)(=S)OC. The molecule has 0 amide bonds. The van der Waals surface area contributed by atoms with Crippen molar-refractivity contribution < 1.29 is 177 Å². The third-order valence-corrected chi connectivity index (χ3v) is 29.3. The molecule has 4 fully saturated rings. The van der Waals surface area contributed by atoms with Gasteiger partial charge in [-0.15, -0.1) is 0 Å². The smallest absolute Gasteiger partial charge is 0.383 e. The molecule has 0 saturated carbocycles. The number of aromatic nitrogens is 14. The zero-order chi connectivity index (χ0) is 93.8. The lowest BCUT2D eigenvalue weighted by molar-refractivity contribution is -0.0625. The number of nitrogen functional groups attached to an aromatic ring is 4. The van der Waals surface area contributed by atoms with Gasteiger partial charge in [0.25, 0.3) is 16.7 Å². The molecule has 72 heteroatoms. The maximum Gasteiger partial charge on any atom is 0.472 e. The molecule has 0 radical (unpaired) electrons. The zero-order valence-corrected chi connectivity index (χ0v) is 77.9. The molecule has 22 atom stereocenters. The maximum absolute atomic E-state index is 13.7. The molecule has 7 aromatic rings. The van der Waals surface area contributed by atoms with E-state index in [1.807, 2.05) is 0 Å². The highest BCUT2D eigenvalue weighted by Gasteiger charge is 2.52. The van der Waals surface area contributed by atoms with E-state index in [1.54, 1.807) is 6.92 Å². The first kappa shape index (κ1) is 105. The number of imidazole rings is 3. The van der Waals surface area contributed by atoms with E-state index in [2.05, 4.69) is 49.8 Å². The Hall–Kier alpha value is -4.82. The summed E-state index contributed by atoms with van der Waals surface area (Å²) in [7, 11) is -27.1. The Morgan fingerprint density at radius 3 is 1.08 bits per heavy atom. The highest BCUT2D eigenvalue weighted by atomic mass is 32.5. The van der Waals surface area contributed by atoms with E-state index in [-0.39, 0.29) is 109 Å². The van der Waals surface area contributed by atoms with Gasteiger partial charge in [-0.25, -0.2) is 47.1 Å². The van der Waals surface area contributed by atoms with Crippen molar-refractivity contribution in [1.82, 2.24) is 68.1 Å². The van der Waals surface area contributed by atoms with Crippen molar-refractivity contribution in [2.24, 2.45) is 0 Å². The van der Waals surface area contributed by atoms with Gasteiger partial charge >= 0.3 is 72.8 Å². The number of hydrogen-bond donors (Lipinski definition) is 16.